The fraction of sp³-hybridized carbons (Fsp3) is 0.761. The van der Waals surface area contributed by atoms with E-state index in [1.165, 1.54) is 19.8 Å². The van der Waals surface area contributed by atoms with Crippen LogP contribution in [0.1, 0.15) is 180 Å². The zero-order chi connectivity index (χ0) is 51.3. The van der Waals surface area contributed by atoms with Gasteiger partial charge in [0, 0.05) is 45.1 Å². The second-order valence-corrected chi connectivity index (χ2v) is 17.1. The normalized spacial score (nSPS) is 13.1. The van der Waals surface area contributed by atoms with Gasteiger partial charge in [0.2, 0.25) is 29.5 Å². The van der Waals surface area contributed by atoms with Gasteiger partial charge in [0.1, 0.15) is 30.0 Å². The zero-order valence-corrected chi connectivity index (χ0v) is 39.9. The second kappa shape index (κ2) is 38.3. The van der Waals surface area contributed by atoms with E-state index in [1.807, 2.05) is 0 Å². The minimum absolute atomic E-state index is 0.000119. The molecule has 0 spiro atoms. The van der Waals surface area contributed by atoms with Gasteiger partial charge in [-0.2, -0.15) is 0 Å². The summed E-state index contributed by atoms with van der Waals surface area (Å²) in [5.41, 5.74) is 0. The molecular weight excluding hydrogens is 893 g/mol. The molecule has 11 N–H and O–H groups in total. The van der Waals surface area contributed by atoms with Crippen LogP contribution in [0, 0.1) is 0 Å². The number of ketones is 1. The highest BCUT2D eigenvalue weighted by Crippen LogP contribution is 2.14. The van der Waals surface area contributed by atoms with Gasteiger partial charge < -0.3 is 57.4 Å². The predicted molar refractivity (Wildman–Crippen MR) is 247 cm³/mol. The molecule has 0 rings (SSSR count). The van der Waals surface area contributed by atoms with E-state index in [0.29, 0.717) is 32.2 Å². The highest BCUT2D eigenvalue weighted by atomic mass is 16.4. The van der Waals surface area contributed by atoms with Crippen molar-refractivity contribution in [2.75, 3.05) is 13.6 Å². The van der Waals surface area contributed by atoms with Crippen LogP contribution in [-0.4, -0.2) is 134 Å². The molecule has 22 nitrogen and oxygen atoms in total. The molecule has 0 aromatic heterocycles. The number of nitrogens with one attached hydrogen (secondary N) is 6. The smallest absolute Gasteiger partial charge is 0.326 e. The summed E-state index contributed by atoms with van der Waals surface area (Å²) in [5.74, 6) is -10.2. The van der Waals surface area contributed by atoms with Crippen molar-refractivity contribution in [3.63, 3.8) is 0 Å². The summed E-state index contributed by atoms with van der Waals surface area (Å²) in [6.45, 7) is 1.78. The summed E-state index contributed by atoms with van der Waals surface area (Å²) in [6, 6.07) is -6.39. The van der Waals surface area contributed by atoms with Crippen LogP contribution < -0.4 is 31.9 Å². The van der Waals surface area contributed by atoms with Crippen LogP contribution in [0.5, 0.6) is 0 Å². The Bertz CT molecular complexity index is 1610. The summed E-state index contributed by atoms with van der Waals surface area (Å²) in [5, 5.41) is 61.6. The molecule has 5 unspecified atom stereocenters. The number of Topliss-reactive ketones (excluding diaryl/α,β-unsaturated/α-hetero) is 1. The standard InChI is InChI=1S/C46H78N6O16/c1-31(53)32(47-2)19-17-18-30-48-37(54)26-22-33(43(61)62)50-39(56)28-24-35(45(65)66)52-41(58)29-25-36(46(67)68)51-40(57)27-23-34(44(63)64)49-38(55)20-15-13-11-9-7-5-3-4-6-8-10-12-14-16-21-42(59)60/h32-36,47H,3-30H2,1-2H3,(H,48,54)(H,49,55)(H,50,56)(H,51,57)(H,52,58)(H,59,60)(H,61,62)(H,63,64)(H,65,66)(H,67,68). The van der Waals surface area contributed by atoms with Gasteiger partial charge in [0.05, 0.1) is 6.04 Å². The van der Waals surface area contributed by atoms with E-state index >= 15 is 0 Å². The van der Waals surface area contributed by atoms with Gasteiger partial charge in [-0.25, -0.2) is 19.2 Å². The van der Waals surface area contributed by atoms with Crippen molar-refractivity contribution in [3.05, 3.63) is 0 Å². The van der Waals surface area contributed by atoms with Crippen LogP contribution in [0.4, 0.5) is 0 Å². The van der Waals surface area contributed by atoms with Gasteiger partial charge in [0.15, 0.2) is 0 Å². The molecule has 388 valence electrons. The van der Waals surface area contributed by atoms with E-state index in [-0.39, 0.29) is 43.9 Å². The van der Waals surface area contributed by atoms with E-state index < -0.39 is 116 Å². The maximum atomic E-state index is 12.6. The van der Waals surface area contributed by atoms with Crippen molar-refractivity contribution >= 4 is 65.2 Å². The molecular formula is C46H78N6O16. The first-order valence-electron chi connectivity index (χ1n) is 24.0. The summed E-state index contributed by atoms with van der Waals surface area (Å²) in [4.78, 5) is 132. The van der Waals surface area contributed by atoms with E-state index in [9.17, 15) is 73.2 Å². The predicted octanol–water partition coefficient (Wildman–Crippen LogP) is 3.17. The van der Waals surface area contributed by atoms with Gasteiger partial charge in [0.25, 0.3) is 0 Å². The monoisotopic (exact) mass is 971 g/mol. The number of carboxylic acid groups (broad SMARTS) is 5. The Hall–Kier alpha value is -5.67. The van der Waals surface area contributed by atoms with Crippen LogP contribution in [-0.2, 0) is 52.7 Å². The first kappa shape index (κ1) is 62.3. The van der Waals surface area contributed by atoms with Crippen molar-refractivity contribution in [2.24, 2.45) is 0 Å². The van der Waals surface area contributed by atoms with Gasteiger partial charge in [-0.1, -0.05) is 77.0 Å². The lowest BCUT2D eigenvalue weighted by Gasteiger charge is -2.18. The number of carboxylic acids is 5. The molecule has 0 aliphatic rings. The number of amides is 5. The molecule has 68 heavy (non-hydrogen) atoms. The van der Waals surface area contributed by atoms with Crippen LogP contribution in [0.3, 0.4) is 0 Å². The van der Waals surface area contributed by atoms with E-state index in [4.69, 9.17) is 5.11 Å². The van der Waals surface area contributed by atoms with E-state index in [2.05, 4.69) is 31.9 Å². The maximum absolute atomic E-state index is 12.6. The Kier molecular flexibility index (Phi) is 35.1. The fourth-order valence-corrected chi connectivity index (χ4v) is 7.22. The minimum atomic E-state index is -1.62. The van der Waals surface area contributed by atoms with Crippen molar-refractivity contribution in [1.29, 1.82) is 0 Å². The number of carbonyl (C=O) groups is 11. The molecule has 0 aromatic carbocycles. The van der Waals surface area contributed by atoms with Crippen molar-refractivity contribution < 1.29 is 78.3 Å². The lowest BCUT2D eigenvalue weighted by Crippen LogP contribution is -2.45. The molecule has 0 aliphatic heterocycles. The van der Waals surface area contributed by atoms with Crippen LogP contribution >= 0.6 is 0 Å². The summed E-state index contributed by atoms with van der Waals surface area (Å²) < 4.78 is 0. The van der Waals surface area contributed by atoms with Crippen LogP contribution in [0.15, 0.2) is 0 Å². The first-order valence-corrected chi connectivity index (χ1v) is 24.0. The summed E-state index contributed by atoms with van der Waals surface area (Å²) >= 11 is 0. The fourth-order valence-electron chi connectivity index (χ4n) is 7.22. The molecule has 0 bridgehead atoms. The van der Waals surface area contributed by atoms with Gasteiger partial charge in [-0.15, -0.1) is 0 Å². The van der Waals surface area contributed by atoms with Crippen molar-refractivity contribution in [3.8, 4) is 0 Å². The Labute approximate surface area is 398 Å². The number of carbonyl (C=O) groups excluding carboxylic acids is 6. The van der Waals surface area contributed by atoms with E-state index in [1.54, 1.807) is 7.05 Å². The SMILES string of the molecule is CNC(CCCCNC(=O)CCC(NC(=O)CCC(NC(=O)CCC(NC(=O)CCC(NC(=O)CCCCCCCCCCCCCCCCC(=O)O)C(=O)O)C(=O)O)C(=O)O)C(=O)O)C(C)=O. The molecule has 0 radical (unpaired) electrons. The lowest BCUT2D eigenvalue weighted by atomic mass is 10.0. The first-order chi connectivity index (χ1) is 32.3. The molecule has 0 aromatic rings. The molecule has 0 fully saturated rings. The van der Waals surface area contributed by atoms with Crippen molar-refractivity contribution in [1.82, 2.24) is 31.9 Å². The third-order valence-electron chi connectivity index (χ3n) is 11.3. The second-order valence-electron chi connectivity index (χ2n) is 17.1. The lowest BCUT2D eigenvalue weighted by molar-refractivity contribution is -0.144. The highest BCUT2D eigenvalue weighted by Gasteiger charge is 2.27. The number of hydrogen-bond acceptors (Lipinski definition) is 12. The van der Waals surface area contributed by atoms with E-state index in [0.717, 1.165) is 70.6 Å². The molecule has 5 atom stereocenters. The van der Waals surface area contributed by atoms with Crippen molar-refractivity contribution in [2.45, 2.75) is 210 Å². The third-order valence-corrected chi connectivity index (χ3v) is 11.3. The zero-order valence-electron chi connectivity index (χ0n) is 39.9. The van der Waals surface area contributed by atoms with Gasteiger partial charge in [-0.05, 0) is 71.8 Å². The largest absolute Gasteiger partial charge is 0.481 e. The molecule has 22 heteroatoms. The highest BCUT2D eigenvalue weighted by molar-refractivity contribution is 5.88. The van der Waals surface area contributed by atoms with Crippen LogP contribution in [0.25, 0.3) is 0 Å². The maximum Gasteiger partial charge on any atom is 0.326 e. The Morgan fingerprint density at radius 3 is 0.926 bits per heavy atom. The number of unbranched alkanes of at least 4 members (excludes halogenated alkanes) is 14. The summed E-state index contributed by atoms with van der Waals surface area (Å²) in [7, 11) is 1.68. The number of hydrogen-bond donors (Lipinski definition) is 11. The minimum Gasteiger partial charge on any atom is -0.481 e. The average molecular weight is 971 g/mol. The Balaban J connectivity index is 4.57. The Morgan fingerprint density at radius 2 is 0.632 bits per heavy atom. The van der Waals surface area contributed by atoms with Gasteiger partial charge >= 0.3 is 29.8 Å². The molecule has 0 aliphatic carbocycles. The summed E-state index contributed by atoms with van der Waals surface area (Å²) in [6.07, 6.45) is 12.9. The molecule has 0 saturated carbocycles. The molecule has 5 amide bonds. The van der Waals surface area contributed by atoms with Gasteiger partial charge in [-0.3, -0.25) is 33.6 Å². The number of likely N-dealkylation sites (N-methyl/N-ethyl adjacent to an activating group) is 1. The third kappa shape index (κ3) is 33.7. The Morgan fingerprint density at radius 1 is 0.338 bits per heavy atom. The number of rotatable bonds is 44. The average Bonchev–Trinajstić information content (AvgIpc) is 3.26. The molecule has 0 heterocycles. The van der Waals surface area contributed by atoms with Crippen LogP contribution in [0.2, 0.25) is 0 Å². The number of aliphatic carboxylic acids is 5. The topological polar surface area (TPSA) is 361 Å². The molecule has 0 saturated heterocycles. The quantitative estimate of drug-likeness (QED) is 0.0391.